The topological polar surface area (TPSA) is 97.6 Å². The van der Waals surface area contributed by atoms with Crippen molar-refractivity contribution in [2.24, 2.45) is 0 Å². The highest BCUT2D eigenvalue weighted by Crippen LogP contribution is 2.20. The summed E-state index contributed by atoms with van der Waals surface area (Å²) in [5.74, 6) is -0.913. The molecule has 0 spiro atoms. The van der Waals surface area contributed by atoms with Gasteiger partial charge in [-0.15, -0.1) is 0 Å². The van der Waals surface area contributed by atoms with Crippen LogP contribution >= 0.6 is 0 Å². The molecule has 1 saturated heterocycles. The van der Waals surface area contributed by atoms with E-state index in [1.807, 2.05) is 36.4 Å². The minimum absolute atomic E-state index is 0.210. The zero-order valence-electron chi connectivity index (χ0n) is 13.9. The van der Waals surface area contributed by atoms with Crippen LogP contribution in [0, 0.1) is 0 Å². The van der Waals surface area contributed by atoms with Gasteiger partial charge in [0.25, 0.3) is 0 Å². The normalized spacial score (nSPS) is 17.2. The molecule has 0 aliphatic carbocycles. The predicted octanol–water partition coefficient (Wildman–Crippen LogP) is 1.37. The van der Waals surface area contributed by atoms with Gasteiger partial charge in [0.1, 0.15) is 0 Å². The minimum Gasteiger partial charge on any atom is -0.372 e. The molecule has 0 saturated carbocycles. The number of benzene rings is 1. The maximum Gasteiger partial charge on any atom is 0.321 e. The molecule has 1 unspecified atom stereocenters. The second kappa shape index (κ2) is 6.93. The zero-order valence-corrected chi connectivity index (χ0v) is 13.9. The van der Waals surface area contributed by atoms with E-state index in [1.54, 1.807) is 16.9 Å². The number of ether oxygens (including phenoxy) is 1. The Labute approximate surface area is 149 Å². The van der Waals surface area contributed by atoms with E-state index in [9.17, 15) is 9.59 Å². The first-order chi connectivity index (χ1) is 12.7. The van der Waals surface area contributed by atoms with Crippen LogP contribution in [0.4, 0.5) is 4.79 Å². The quantitative estimate of drug-likeness (QED) is 0.723. The van der Waals surface area contributed by atoms with Crippen LogP contribution < -0.4 is 10.6 Å². The van der Waals surface area contributed by atoms with Gasteiger partial charge < -0.3 is 10.1 Å². The summed E-state index contributed by atoms with van der Waals surface area (Å²) in [5, 5.41) is 9.34. The zero-order chi connectivity index (χ0) is 17.9. The molecule has 1 fully saturated rings. The number of hydrogen-bond donors (Lipinski definition) is 2. The number of aromatic nitrogens is 3. The van der Waals surface area contributed by atoms with Crippen LogP contribution in [0.25, 0.3) is 5.65 Å². The molecule has 0 radical (unpaired) electrons. The third kappa shape index (κ3) is 3.27. The molecule has 1 aliphatic rings. The number of rotatable bonds is 5. The summed E-state index contributed by atoms with van der Waals surface area (Å²) in [6.45, 7) is 1.03. The fourth-order valence-corrected chi connectivity index (χ4v) is 2.90. The van der Waals surface area contributed by atoms with E-state index in [2.05, 4.69) is 20.7 Å². The van der Waals surface area contributed by atoms with Crippen LogP contribution in [0.5, 0.6) is 0 Å². The van der Waals surface area contributed by atoms with Crippen LogP contribution in [0.15, 0.2) is 48.8 Å². The Hall–Kier alpha value is -3.26. The summed E-state index contributed by atoms with van der Waals surface area (Å²) in [6, 6.07) is 11.2. The second-order valence-corrected chi connectivity index (χ2v) is 6.02. The minimum atomic E-state index is -0.549. The molecule has 1 atom stereocenters. The number of urea groups is 1. The van der Waals surface area contributed by atoms with Crippen molar-refractivity contribution in [2.45, 2.75) is 19.1 Å². The van der Waals surface area contributed by atoms with Crippen LogP contribution in [-0.4, -0.2) is 33.1 Å². The average molecular weight is 351 g/mol. The lowest BCUT2D eigenvalue weighted by atomic mass is 10.0. The largest absolute Gasteiger partial charge is 0.372 e. The summed E-state index contributed by atoms with van der Waals surface area (Å²) in [4.78, 5) is 27.7. The van der Waals surface area contributed by atoms with Crippen LogP contribution in [0.1, 0.15) is 22.7 Å². The molecular formula is C18H17N5O3. The molecular weight excluding hydrogens is 334 g/mol. The van der Waals surface area contributed by atoms with Gasteiger partial charge in [-0.3, -0.25) is 10.1 Å². The molecule has 2 N–H and O–H groups in total. The Morgan fingerprint density at radius 3 is 2.85 bits per heavy atom. The van der Waals surface area contributed by atoms with E-state index >= 15 is 0 Å². The molecule has 132 valence electrons. The number of carbonyl (C=O) groups is 2. The molecule has 2 aromatic heterocycles. The number of hydrogen-bond acceptors (Lipinski definition) is 5. The molecule has 3 heterocycles. The van der Waals surface area contributed by atoms with Gasteiger partial charge in [-0.25, -0.2) is 14.3 Å². The van der Waals surface area contributed by atoms with Gasteiger partial charge in [0.15, 0.2) is 5.65 Å². The summed E-state index contributed by atoms with van der Waals surface area (Å²) in [7, 11) is 0. The summed E-state index contributed by atoms with van der Waals surface area (Å²) < 4.78 is 7.44. The van der Waals surface area contributed by atoms with E-state index < -0.39 is 11.9 Å². The lowest BCUT2D eigenvalue weighted by Gasteiger charge is -2.22. The van der Waals surface area contributed by atoms with Gasteiger partial charge in [-0.2, -0.15) is 5.10 Å². The van der Waals surface area contributed by atoms with Crippen molar-refractivity contribution >= 4 is 17.6 Å². The average Bonchev–Trinajstić information content (AvgIpc) is 3.11. The van der Waals surface area contributed by atoms with E-state index in [0.717, 1.165) is 11.1 Å². The SMILES string of the molecule is O=C1NCC(c2cc(COCc3ccccc3)c3nccn3n2)C(=O)N1. The highest BCUT2D eigenvalue weighted by Gasteiger charge is 2.29. The highest BCUT2D eigenvalue weighted by molar-refractivity contribution is 6.00. The fraction of sp³-hybridized carbons (Fsp3) is 0.222. The second-order valence-electron chi connectivity index (χ2n) is 6.02. The number of nitrogens with zero attached hydrogens (tertiary/aromatic N) is 3. The lowest BCUT2D eigenvalue weighted by molar-refractivity contribution is -0.122. The van der Waals surface area contributed by atoms with E-state index in [0.29, 0.717) is 24.6 Å². The van der Waals surface area contributed by atoms with Crippen molar-refractivity contribution in [3.63, 3.8) is 0 Å². The molecule has 1 aromatic carbocycles. The van der Waals surface area contributed by atoms with Crippen molar-refractivity contribution < 1.29 is 14.3 Å². The van der Waals surface area contributed by atoms with Gasteiger partial charge in [0, 0.05) is 24.5 Å². The van der Waals surface area contributed by atoms with Gasteiger partial charge >= 0.3 is 6.03 Å². The maximum absolute atomic E-state index is 12.1. The highest BCUT2D eigenvalue weighted by atomic mass is 16.5. The van der Waals surface area contributed by atoms with Crippen molar-refractivity contribution in [2.75, 3.05) is 6.54 Å². The Bertz CT molecular complexity index is 954. The first kappa shape index (κ1) is 16.2. The molecule has 3 aromatic rings. The number of nitrogens with one attached hydrogen (secondary N) is 2. The Balaban J connectivity index is 1.56. The summed E-state index contributed by atoms with van der Waals surface area (Å²) in [5.41, 5.74) is 3.16. The van der Waals surface area contributed by atoms with Crippen LogP contribution in [0.3, 0.4) is 0 Å². The monoisotopic (exact) mass is 351 g/mol. The van der Waals surface area contributed by atoms with Crippen molar-refractivity contribution in [1.82, 2.24) is 25.2 Å². The van der Waals surface area contributed by atoms with E-state index in [4.69, 9.17) is 4.74 Å². The predicted molar refractivity (Wildman–Crippen MR) is 92.2 cm³/mol. The van der Waals surface area contributed by atoms with Crippen LogP contribution in [-0.2, 0) is 22.7 Å². The van der Waals surface area contributed by atoms with Gasteiger partial charge in [0.2, 0.25) is 5.91 Å². The van der Waals surface area contributed by atoms with Crippen molar-refractivity contribution in [3.05, 3.63) is 65.6 Å². The lowest BCUT2D eigenvalue weighted by Crippen LogP contribution is -2.51. The molecule has 1 aliphatic heterocycles. The Morgan fingerprint density at radius 2 is 2.04 bits per heavy atom. The number of fused-ring (bicyclic) bond motifs is 1. The van der Waals surface area contributed by atoms with Crippen molar-refractivity contribution in [3.8, 4) is 0 Å². The summed E-state index contributed by atoms with van der Waals surface area (Å²) >= 11 is 0. The van der Waals surface area contributed by atoms with Gasteiger partial charge in [-0.1, -0.05) is 30.3 Å². The third-order valence-corrected chi connectivity index (χ3v) is 4.20. The molecule has 8 nitrogen and oxygen atoms in total. The molecule has 3 amide bonds. The third-order valence-electron chi connectivity index (χ3n) is 4.20. The van der Waals surface area contributed by atoms with Crippen LogP contribution in [0.2, 0.25) is 0 Å². The Morgan fingerprint density at radius 1 is 1.19 bits per heavy atom. The van der Waals surface area contributed by atoms with Gasteiger partial charge in [-0.05, 0) is 11.6 Å². The summed E-state index contributed by atoms with van der Waals surface area (Å²) in [6.07, 6.45) is 3.37. The first-order valence-corrected chi connectivity index (χ1v) is 8.24. The van der Waals surface area contributed by atoms with E-state index in [1.165, 1.54) is 0 Å². The molecule has 8 heteroatoms. The smallest absolute Gasteiger partial charge is 0.321 e. The number of imide groups is 1. The molecule has 0 bridgehead atoms. The standard InChI is InChI=1S/C18H17N5O3/c24-17-14(9-20-18(25)21-17)15-8-13(16-19-6-7-23(16)22-15)11-26-10-12-4-2-1-3-5-12/h1-8,14H,9-11H2,(H2,20,21,24,25). The number of amides is 3. The first-order valence-electron chi connectivity index (χ1n) is 8.24. The van der Waals surface area contributed by atoms with Gasteiger partial charge in [0.05, 0.1) is 24.8 Å². The maximum atomic E-state index is 12.1. The number of carbonyl (C=O) groups excluding carboxylic acids is 2. The van der Waals surface area contributed by atoms with E-state index in [-0.39, 0.29) is 12.5 Å². The molecule has 26 heavy (non-hydrogen) atoms. The fourth-order valence-electron chi connectivity index (χ4n) is 2.90. The number of imidazole rings is 1. The Kier molecular flexibility index (Phi) is 4.32. The van der Waals surface area contributed by atoms with Crippen molar-refractivity contribution in [1.29, 1.82) is 0 Å². The molecule has 4 rings (SSSR count).